The lowest BCUT2D eigenvalue weighted by Gasteiger charge is -2.46. The van der Waals surface area contributed by atoms with Crippen molar-refractivity contribution in [2.45, 2.75) is 58.3 Å². The normalized spacial score (nSPS) is 25.8. The summed E-state index contributed by atoms with van der Waals surface area (Å²) in [6.07, 6.45) is -5.49. The summed E-state index contributed by atoms with van der Waals surface area (Å²) in [5.41, 5.74) is 0.489. The number of carbonyl (C=O) groups excluding carboxylic acids is 5. The maximum atomic E-state index is 13.6. The van der Waals surface area contributed by atoms with Gasteiger partial charge in [0.15, 0.2) is 28.9 Å². The molecule has 1 aromatic rings. The molecule has 15 heteroatoms. The third-order valence-electron chi connectivity index (χ3n) is 5.29. The zero-order valence-corrected chi connectivity index (χ0v) is 24.2. The number of rotatable bonds is 7. The van der Waals surface area contributed by atoms with E-state index in [1.165, 1.54) is 12.1 Å². The van der Waals surface area contributed by atoms with E-state index in [9.17, 15) is 24.0 Å². The standard InChI is InChI=1S/C24H23Cl2NO10S2/c1-10(28)33-9-17-19(34-11(2)29)20(35-12(3)30)21(36-13(4)31)23(37-17)27-22(32)18(39-24(27)38)7-14-5-6-15(25)8-16(14)26/h5-8,17,19-21,23H,9H2,1-4H3/b18-7+/t17-,19+,20-,21+,23-/m0/s1. The van der Waals surface area contributed by atoms with Crippen LogP contribution in [0.5, 0.6) is 0 Å². The third kappa shape index (κ3) is 7.70. The molecule has 0 bridgehead atoms. The van der Waals surface area contributed by atoms with E-state index in [4.69, 9.17) is 59.1 Å². The molecule has 0 saturated carbocycles. The molecule has 2 aliphatic heterocycles. The Bertz CT molecular complexity index is 1240. The first-order valence-electron chi connectivity index (χ1n) is 11.3. The van der Waals surface area contributed by atoms with Crippen LogP contribution in [0.25, 0.3) is 6.08 Å². The third-order valence-corrected chi connectivity index (χ3v) is 7.19. The van der Waals surface area contributed by atoms with Crippen molar-refractivity contribution in [1.29, 1.82) is 0 Å². The summed E-state index contributed by atoms with van der Waals surface area (Å²) in [4.78, 5) is 62.4. The summed E-state index contributed by atoms with van der Waals surface area (Å²) in [5.74, 6) is -3.68. The van der Waals surface area contributed by atoms with Gasteiger partial charge >= 0.3 is 23.9 Å². The lowest BCUT2D eigenvalue weighted by Crippen LogP contribution is -2.66. The van der Waals surface area contributed by atoms with Crippen LogP contribution in [0.15, 0.2) is 23.1 Å². The molecule has 0 spiro atoms. The minimum Gasteiger partial charge on any atom is -0.463 e. The van der Waals surface area contributed by atoms with Crippen molar-refractivity contribution in [1.82, 2.24) is 4.90 Å². The predicted octanol–water partition coefficient (Wildman–Crippen LogP) is 3.28. The van der Waals surface area contributed by atoms with Gasteiger partial charge in [-0.15, -0.1) is 0 Å². The van der Waals surface area contributed by atoms with E-state index in [1.54, 1.807) is 12.1 Å². The summed E-state index contributed by atoms with van der Waals surface area (Å²) in [5, 5.41) is 0.697. The van der Waals surface area contributed by atoms with Gasteiger partial charge < -0.3 is 23.7 Å². The molecule has 210 valence electrons. The second-order valence-electron chi connectivity index (χ2n) is 8.31. The van der Waals surface area contributed by atoms with Crippen LogP contribution in [0.4, 0.5) is 0 Å². The van der Waals surface area contributed by atoms with Crippen LogP contribution in [0.1, 0.15) is 33.3 Å². The van der Waals surface area contributed by atoms with Crippen molar-refractivity contribution in [3.05, 3.63) is 38.7 Å². The number of nitrogens with zero attached hydrogens (tertiary/aromatic N) is 1. The molecule has 0 N–H and O–H groups in total. The van der Waals surface area contributed by atoms with Crippen LogP contribution in [0.3, 0.4) is 0 Å². The Hall–Kier alpha value is -2.71. The highest BCUT2D eigenvalue weighted by Crippen LogP contribution is 2.40. The van der Waals surface area contributed by atoms with Gasteiger partial charge in [-0.05, 0) is 23.8 Å². The van der Waals surface area contributed by atoms with Crippen LogP contribution < -0.4 is 0 Å². The fourth-order valence-electron chi connectivity index (χ4n) is 3.87. The van der Waals surface area contributed by atoms with Gasteiger partial charge in [0.2, 0.25) is 0 Å². The molecule has 0 unspecified atom stereocenters. The predicted molar refractivity (Wildman–Crippen MR) is 143 cm³/mol. The minimum absolute atomic E-state index is 0.0252. The highest BCUT2D eigenvalue weighted by molar-refractivity contribution is 8.26. The Morgan fingerprint density at radius 1 is 0.974 bits per heavy atom. The molecule has 5 atom stereocenters. The van der Waals surface area contributed by atoms with Gasteiger partial charge in [0.1, 0.15) is 12.7 Å². The van der Waals surface area contributed by atoms with Crippen LogP contribution in [-0.4, -0.2) is 76.3 Å². The molecule has 11 nitrogen and oxygen atoms in total. The zero-order valence-electron chi connectivity index (χ0n) is 21.0. The van der Waals surface area contributed by atoms with Gasteiger partial charge in [-0.1, -0.05) is 53.2 Å². The van der Waals surface area contributed by atoms with E-state index >= 15 is 0 Å². The summed E-state index contributed by atoms with van der Waals surface area (Å²) in [6.45, 7) is 4.01. The molecule has 2 heterocycles. The smallest absolute Gasteiger partial charge is 0.303 e. The maximum absolute atomic E-state index is 13.6. The van der Waals surface area contributed by atoms with Crippen molar-refractivity contribution < 1.29 is 47.7 Å². The average molecular weight is 620 g/mol. The topological polar surface area (TPSA) is 135 Å². The molecule has 39 heavy (non-hydrogen) atoms. The first kappa shape index (κ1) is 30.8. The lowest BCUT2D eigenvalue weighted by molar-refractivity contribution is -0.268. The van der Waals surface area contributed by atoms with Crippen molar-refractivity contribution in [2.75, 3.05) is 6.61 Å². The van der Waals surface area contributed by atoms with Gasteiger partial charge in [0, 0.05) is 37.7 Å². The fraction of sp³-hybridized carbons (Fsp3) is 0.417. The van der Waals surface area contributed by atoms with Crippen molar-refractivity contribution in [3.8, 4) is 0 Å². The van der Waals surface area contributed by atoms with E-state index in [1.807, 2.05) is 0 Å². The molecule has 0 aliphatic carbocycles. The first-order valence-corrected chi connectivity index (χ1v) is 13.3. The van der Waals surface area contributed by atoms with Crippen molar-refractivity contribution >= 4 is 87.4 Å². The Labute approximate surface area is 243 Å². The molecule has 2 saturated heterocycles. The SMILES string of the molecule is CC(=O)OC[C@@H]1O[C@H](N2C(=O)/C(=C\c3ccc(Cl)cc3Cl)SC2=S)[C@H](OC(C)=O)[C@@H](OC(C)=O)[C@@H]1OC(C)=O. The van der Waals surface area contributed by atoms with E-state index in [0.29, 0.717) is 15.6 Å². The second-order valence-corrected chi connectivity index (χ2v) is 10.8. The zero-order chi connectivity index (χ0) is 29.0. The first-order chi connectivity index (χ1) is 18.3. The molecule has 0 aromatic heterocycles. The number of thiocarbonyl (C=S) groups is 1. The number of thioether (sulfide) groups is 1. The van der Waals surface area contributed by atoms with E-state index in [0.717, 1.165) is 44.4 Å². The van der Waals surface area contributed by atoms with E-state index in [-0.39, 0.29) is 9.23 Å². The summed E-state index contributed by atoms with van der Waals surface area (Å²) >= 11 is 18.6. The number of esters is 4. The van der Waals surface area contributed by atoms with E-state index < -0.39 is 67.0 Å². The molecule has 1 amide bonds. The lowest BCUT2D eigenvalue weighted by atomic mass is 9.96. The average Bonchev–Trinajstić information content (AvgIpc) is 3.09. The van der Waals surface area contributed by atoms with Crippen LogP contribution in [-0.2, 0) is 47.7 Å². The van der Waals surface area contributed by atoms with Crippen LogP contribution in [0, 0.1) is 0 Å². The van der Waals surface area contributed by atoms with Gasteiger partial charge in [-0.2, -0.15) is 0 Å². The van der Waals surface area contributed by atoms with Gasteiger partial charge in [0.05, 0.1) is 4.91 Å². The molecule has 3 rings (SSSR count). The summed E-state index contributed by atoms with van der Waals surface area (Å²) in [7, 11) is 0. The number of halogens is 2. The quantitative estimate of drug-likeness (QED) is 0.192. The summed E-state index contributed by atoms with van der Waals surface area (Å²) < 4.78 is 27.3. The highest BCUT2D eigenvalue weighted by Gasteiger charge is 2.56. The number of benzene rings is 1. The van der Waals surface area contributed by atoms with Crippen molar-refractivity contribution in [3.63, 3.8) is 0 Å². The number of hydrogen-bond donors (Lipinski definition) is 0. The van der Waals surface area contributed by atoms with Crippen LogP contribution in [0.2, 0.25) is 10.0 Å². The Kier molecular flexibility index (Phi) is 10.4. The monoisotopic (exact) mass is 619 g/mol. The Balaban J connectivity index is 2.06. The van der Waals surface area contributed by atoms with Gasteiger partial charge in [-0.25, -0.2) is 0 Å². The number of carbonyl (C=O) groups is 5. The second kappa shape index (κ2) is 13.1. The van der Waals surface area contributed by atoms with Crippen molar-refractivity contribution in [2.24, 2.45) is 0 Å². The Morgan fingerprint density at radius 3 is 2.13 bits per heavy atom. The maximum Gasteiger partial charge on any atom is 0.303 e. The molecule has 2 fully saturated rings. The van der Waals surface area contributed by atoms with Gasteiger partial charge in [0.25, 0.3) is 5.91 Å². The van der Waals surface area contributed by atoms with E-state index in [2.05, 4.69) is 0 Å². The number of hydrogen-bond acceptors (Lipinski definition) is 12. The largest absolute Gasteiger partial charge is 0.463 e. The highest BCUT2D eigenvalue weighted by atomic mass is 35.5. The molecular formula is C24H23Cl2NO10S2. The minimum atomic E-state index is -1.48. The fourth-order valence-corrected chi connectivity index (χ4v) is 5.64. The number of amides is 1. The summed E-state index contributed by atoms with van der Waals surface area (Å²) in [6, 6.07) is 4.72. The molecule has 0 radical (unpaired) electrons. The number of ether oxygens (including phenoxy) is 5. The van der Waals surface area contributed by atoms with Gasteiger partial charge in [-0.3, -0.25) is 28.9 Å². The molecule has 2 aliphatic rings. The molecule has 1 aromatic carbocycles. The van der Waals surface area contributed by atoms with Crippen LogP contribution >= 0.6 is 47.2 Å². The Morgan fingerprint density at radius 2 is 1.56 bits per heavy atom. The molecular weight excluding hydrogens is 597 g/mol.